The maximum atomic E-state index is 5.23. The molecule has 4 heteroatoms. The number of hydrogen-bond acceptors (Lipinski definition) is 3. The van der Waals surface area contributed by atoms with Gasteiger partial charge in [-0.3, -0.25) is 4.68 Å². The van der Waals surface area contributed by atoms with Gasteiger partial charge in [-0.2, -0.15) is 5.10 Å². The number of ether oxygens (including phenoxy) is 1. The van der Waals surface area contributed by atoms with E-state index in [1.54, 1.807) is 7.11 Å². The highest BCUT2D eigenvalue weighted by Crippen LogP contribution is 2.13. The van der Waals surface area contributed by atoms with Crippen molar-refractivity contribution in [1.29, 1.82) is 0 Å². The van der Waals surface area contributed by atoms with Gasteiger partial charge in [0.05, 0.1) is 19.9 Å². The van der Waals surface area contributed by atoms with Crippen LogP contribution in [0.5, 0.6) is 5.75 Å². The van der Waals surface area contributed by atoms with Gasteiger partial charge in [0.25, 0.3) is 0 Å². The SMILES string of the molecule is COc1cccc(Cn2cc(CNC(C)(C)C)cn2)c1. The highest BCUT2D eigenvalue weighted by Gasteiger charge is 2.09. The van der Waals surface area contributed by atoms with E-state index in [2.05, 4.69) is 43.4 Å². The van der Waals surface area contributed by atoms with Crippen LogP contribution in [0.3, 0.4) is 0 Å². The van der Waals surface area contributed by atoms with Gasteiger partial charge in [-0.05, 0) is 38.5 Å². The van der Waals surface area contributed by atoms with Crippen LogP contribution >= 0.6 is 0 Å². The molecule has 0 radical (unpaired) electrons. The molecule has 2 aromatic rings. The van der Waals surface area contributed by atoms with Crippen LogP contribution in [-0.4, -0.2) is 22.4 Å². The van der Waals surface area contributed by atoms with E-state index in [-0.39, 0.29) is 5.54 Å². The fourth-order valence-corrected chi connectivity index (χ4v) is 1.91. The standard InChI is InChI=1S/C16H23N3O/c1-16(2,3)17-9-14-10-18-19(12-14)11-13-6-5-7-15(8-13)20-4/h5-8,10,12,17H,9,11H2,1-4H3. The summed E-state index contributed by atoms with van der Waals surface area (Å²) in [6.07, 6.45) is 4.00. The molecule has 20 heavy (non-hydrogen) atoms. The van der Waals surface area contributed by atoms with Crippen molar-refractivity contribution in [1.82, 2.24) is 15.1 Å². The molecule has 0 atom stereocenters. The smallest absolute Gasteiger partial charge is 0.119 e. The van der Waals surface area contributed by atoms with Crippen LogP contribution in [-0.2, 0) is 13.1 Å². The molecular formula is C16H23N3O. The van der Waals surface area contributed by atoms with E-state index >= 15 is 0 Å². The minimum atomic E-state index is 0.120. The van der Waals surface area contributed by atoms with Crippen molar-refractivity contribution in [2.75, 3.05) is 7.11 Å². The number of nitrogens with one attached hydrogen (secondary N) is 1. The van der Waals surface area contributed by atoms with E-state index in [0.717, 1.165) is 18.8 Å². The molecule has 0 saturated carbocycles. The lowest BCUT2D eigenvalue weighted by atomic mass is 10.1. The van der Waals surface area contributed by atoms with Gasteiger partial charge < -0.3 is 10.1 Å². The first-order valence-electron chi connectivity index (χ1n) is 6.85. The van der Waals surface area contributed by atoms with Gasteiger partial charge in [0.2, 0.25) is 0 Å². The number of nitrogens with zero attached hydrogens (tertiary/aromatic N) is 2. The lowest BCUT2D eigenvalue weighted by Crippen LogP contribution is -2.34. The number of hydrogen-bond donors (Lipinski definition) is 1. The Morgan fingerprint density at radius 3 is 2.75 bits per heavy atom. The Morgan fingerprint density at radius 1 is 1.25 bits per heavy atom. The van der Waals surface area contributed by atoms with Crippen LogP contribution in [0, 0.1) is 0 Å². The average molecular weight is 273 g/mol. The average Bonchev–Trinajstić information content (AvgIpc) is 2.83. The Labute approximate surface area is 120 Å². The fourth-order valence-electron chi connectivity index (χ4n) is 1.91. The summed E-state index contributed by atoms with van der Waals surface area (Å²) >= 11 is 0. The molecule has 0 amide bonds. The van der Waals surface area contributed by atoms with Crippen LogP contribution in [0.25, 0.3) is 0 Å². The molecule has 0 spiro atoms. The summed E-state index contributed by atoms with van der Waals surface area (Å²) in [4.78, 5) is 0. The minimum absolute atomic E-state index is 0.120. The Balaban J connectivity index is 1.98. The Bertz CT molecular complexity index is 555. The van der Waals surface area contributed by atoms with Crippen LogP contribution in [0.15, 0.2) is 36.7 Å². The zero-order valence-electron chi connectivity index (χ0n) is 12.7. The Kier molecular flexibility index (Phi) is 4.45. The van der Waals surface area contributed by atoms with Crippen molar-refractivity contribution in [2.24, 2.45) is 0 Å². The number of rotatable bonds is 5. The summed E-state index contributed by atoms with van der Waals surface area (Å²) < 4.78 is 7.19. The molecule has 0 bridgehead atoms. The quantitative estimate of drug-likeness (QED) is 0.910. The molecule has 1 aromatic carbocycles. The molecule has 1 heterocycles. The van der Waals surface area contributed by atoms with E-state index in [4.69, 9.17) is 4.74 Å². The monoisotopic (exact) mass is 273 g/mol. The van der Waals surface area contributed by atoms with Crippen molar-refractivity contribution in [2.45, 2.75) is 39.4 Å². The molecule has 1 aromatic heterocycles. The first kappa shape index (κ1) is 14.6. The maximum Gasteiger partial charge on any atom is 0.119 e. The van der Waals surface area contributed by atoms with Crippen molar-refractivity contribution < 1.29 is 4.74 Å². The van der Waals surface area contributed by atoms with Crippen LogP contribution in [0.4, 0.5) is 0 Å². The van der Waals surface area contributed by atoms with Gasteiger partial charge in [-0.1, -0.05) is 12.1 Å². The zero-order chi connectivity index (χ0) is 14.6. The Hall–Kier alpha value is -1.81. The molecule has 0 aliphatic rings. The molecular weight excluding hydrogens is 250 g/mol. The number of aromatic nitrogens is 2. The molecule has 108 valence electrons. The second-order valence-electron chi connectivity index (χ2n) is 6.00. The third-order valence-corrected chi connectivity index (χ3v) is 2.99. The molecule has 0 aliphatic carbocycles. The number of methoxy groups -OCH3 is 1. The zero-order valence-corrected chi connectivity index (χ0v) is 12.7. The van der Waals surface area contributed by atoms with Crippen molar-refractivity contribution >= 4 is 0 Å². The highest BCUT2D eigenvalue weighted by molar-refractivity contribution is 5.28. The van der Waals surface area contributed by atoms with Gasteiger partial charge in [0, 0.05) is 23.8 Å². The summed E-state index contributed by atoms with van der Waals surface area (Å²) in [5, 5.41) is 7.86. The second-order valence-corrected chi connectivity index (χ2v) is 6.00. The van der Waals surface area contributed by atoms with Crippen molar-refractivity contribution in [3.05, 3.63) is 47.8 Å². The van der Waals surface area contributed by atoms with Gasteiger partial charge in [0.15, 0.2) is 0 Å². The predicted octanol–water partition coefficient (Wildman–Crippen LogP) is 2.83. The largest absolute Gasteiger partial charge is 0.497 e. The number of benzene rings is 1. The second kappa shape index (κ2) is 6.09. The normalized spacial score (nSPS) is 11.6. The van der Waals surface area contributed by atoms with Crippen LogP contribution in [0.2, 0.25) is 0 Å². The molecule has 4 nitrogen and oxygen atoms in total. The van der Waals surface area contributed by atoms with Gasteiger partial charge in [-0.15, -0.1) is 0 Å². The molecule has 2 rings (SSSR count). The van der Waals surface area contributed by atoms with Crippen LogP contribution < -0.4 is 10.1 Å². The highest BCUT2D eigenvalue weighted by atomic mass is 16.5. The summed E-state index contributed by atoms with van der Waals surface area (Å²) in [5.41, 5.74) is 2.50. The van der Waals surface area contributed by atoms with E-state index in [1.165, 1.54) is 11.1 Å². The minimum Gasteiger partial charge on any atom is -0.497 e. The first-order valence-corrected chi connectivity index (χ1v) is 6.85. The molecule has 1 N–H and O–H groups in total. The summed E-state index contributed by atoms with van der Waals surface area (Å²) in [7, 11) is 1.68. The lowest BCUT2D eigenvalue weighted by Gasteiger charge is -2.19. The maximum absolute atomic E-state index is 5.23. The fraction of sp³-hybridized carbons (Fsp3) is 0.438. The van der Waals surface area contributed by atoms with Crippen molar-refractivity contribution in [3.63, 3.8) is 0 Å². The predicted molar refractivity (Wildman–Crippen MR) is 80.9 cm³/mol. The van der Waals surface area contributed by atoms with Gasteiger partial charge in [-0.25, -0.2) is 0 Å². The summed E-state index contributed by atoms with van der Waals surface area (Å²) in [6, 6.07) is 8.07. The van der Waals surface area contributed by atoms with Crippen LogP contribution in [0.1, 0.15) is 31.9 Å². The molecule has 0 unspecified atom stereocenters. The van der Waals surface area contributed by atoms with Crippen molar-refractivity contribution in [3.8, 4) is 5.75 Å². The molecule has 0 aliphatic heterocycles. The molecule has 0 fully saturated rings. The van der Waals surface area contributed by atoms with E-state index in [1.807, 2.05) is 29.1 Å². The molecule has 0 saturated heterocycles. The van der Waals surface area contributed by atoms with E-state index in [9.17, 15) is 0 Å². The van der Waals surface area contributed by atoms with E-state index < -0.39 is 0 Å². The first-order chi connectivity index (χ1) is 9.46. The topological polar surface area (TPSA) is 39.1 Å². The van der Waals surface area contributed by atoms with Gasteiger partial charge in [0.1, 0.15) is 5.75 Å². The van der Waals surface area contributed by atoms with Gasteiger partial charge >= 0.3 is 0 Å². The third-order valence-electron chi connectivity index (χ3n) is 2.99. The third kappa shape index (κ3) is 4.38. The summed E-state index contributed by atoms with van der Waals surface area (Å²) in [6.45, 7) is 8.07. The van der Waals surface area contributed by atoms with E-state index in [0.29, 0.717) is 0 Å². The Morgan fingerprint density at radius 2 is 2.05 bits per heavy atom. The lowest BCUT2D eigenvalue weighted by molar-refractivity contribution is 0.414. The summed E-state index contributed by atoms with van der Waals surface area (Å²) in [5.74, 6) is 0.879.